The highest BCUT2D eigenvalue weighted by molar-refractivity contribution is 14.0. The van der Waals surface area contributed by atoms with Gasteiger partial charge in [0.05, 0.1) is 19.1 Å². The molecular formula is C21H35IN4O2. The maximum absolute atomic E-state index is 12.7. The molecule has 0 atom stereocenters. The van der Waals surface area contributed by atoms with Crippen LogP contribution in [0.3, 0.4) is 0 Å². The van der Waals surface area contributed by atoms with Crippen molar-refractivity contribution < 1.29 is 9.53 Å². The third kappa shape index (κ3) is 6.83. The average molecular weight is 502 g/mol. The molecule has 0 bridgehead atoms. The van der Waals surface area contributed by atoms with Crippen LogP contribution in [0.25, 0.3) is 0 Å². The molecule has 0 spiro atoms. The molecule has 1 saturated carbocycles. The maximum Gasteiger partial charge on any atom is 0.230 e. The number of aliphatic imine (C=N–C) groups is 1. The molecule has 1 aromatic carbocycles. The Morgan fingerprint density at radius 1 is 1.18 bits per heavy atom. The van der Waals surface area contributed by atoms with Crippen molar-refractivity contribution in [2.24, 2.45) is 10.4 Å². The number of guanidine groups is 1. The van der Waals surface area contributed by atoms with Gasteiger partial charge in [-0.15, -0.1) is 24.0 Å². The molecule has 0 aliphatic heterocycles. The Labute approximate surface area is 186 Å². The molecule has 0 saturated heterocycles. The second kappa shape index (κ2) is 12.1. The van der Waals surface area contributed by atoms with Crippen LogP contribution in [0.5, 0.6) is 5.75 Å². The Morgan fingerprint density at radius 2 is 1.82 bits per heavy atom. The number of amides is 1. The molecule has 1 aliphatic rings. The SMILES string of the molecule is CCNC(=NCC1(C(=O)N(C)C)CCCC1)NCCc1ccc(OC)cc1.I. The number of hydrogen-bond acceptors (Lipinski definition) is 3. The summed E-state index contributed by atoms with van der Waals surface area (Å²) in [5.41, 5.74) is 0.913. The zero-order valence-corrected chi connectivity index (χ0v) is 19.9. The number of rotatable bonds is 8. The van der Waals surface area contributed by atoms with Crippen LogP contribution < -0.4 is 15.4 Å². The normalized spacial score (nSPS) is 15.5. The lowest BCUT2D eigenvalue weighted by Crippen LogP contribution is -2.43. The van der Waals surface area contributed by atoms with Crippen molar-refractivity contribution in [2.45, 2.75) is 39.0 Å². The lowest BCUT2D eigenvalue weighted by molar-refractivity contribution is -0.138. The zero-order valence-electron chi connectivity index (χ0n) is 17.6. The molecule has 1 amide bonds. The summed E-state index contributed by atoms with van der Waals surface area (Å²) >= 11 is 0. The fraction of sp³-hybridized carbons (Fsp3) is 0.619. The van der Waals surface area contributed by atoms with Gasteiger partial charge in [0.15, 0.2) is 5.96 Å². The molecule has 1 fully saturated rings. The van der Waals surface area contributed by atoms with Gasteiger partial charge in [0.1, 0.15) is 5.75 Å². The summed E-state index contributed by atoms with van der Waals surface area (Å²) in [5.74, 6) is 1.86. The van der Waals surface area contributed by atoms with E-state index in [9.17, 15) is 4.79 Å². The van der Waals surface area contributed by atoms with Gasteiger partial charge < -0.3 is 20.3 Å². The van der Waals surface area contributed by atoms with E-state index in [1.807, 2.05) is 26.2 Å². The first-order valence-corrected chi connectivity index (χ1v) is 9.87. The van der Waals surface area contributed by atoms with E-state index in [-0.39, 0.29) is 35.3 Å². The number of benzene rings is 1. The van der Waals surface area contributed by atoms with E-state index in [0.717, 1.165) is 56.9 Å². The van der Waals surface area contributed by atoms with Crippen molar-refractivity contribution in [2.75, 3.05) is 40.8 Å². The molecular weight excluding hydrogens is 467 g/mol. The van der Waals surface area contributed by atoms with Gasteiger partial charge in [-0.3, -0.25) is 9.79 Å². The van der Waals surface area contributed by atoms with Gasteiger partial charge in [0.25, 0.3) is 0 Å². The minimum absolute atomic E-state index is 0. The van der Waals surface area contributed by atoms with Crippen LogP contribution >= 0.6 is 24.0 Å². The molecule has 6 nitrogen and oxygen atoms in total. The number of ether oxygens (including phenoxy) is 1. The standard InChI is InChI=1S/C21H34N4O2.HI/c1-5-22-20(23-15-12-17-8-10-18(27-4)11-9-17)24-16-21(13-6-7-14-21)19(26)25(2)3;/h8-11H,5-7,12-16H2,1-4H3,(H2,22,23,24);1H. The maximum atomic E-state index is 12.7. The Bertz CT molecular complexity index is 626. The summed E-state index contributed by atoms with van der Waals surface area (Å²) in [6.07, 6.45) is 4.97. The van der Waals surface area contributed by atoms with Gasteiger partial charge in [0, 0.05) is 27.2 Å². The van der Waals surface area contributed by atoms with E-state index in [0.29, 0.717) is 6.54 Å². The van der Waals surface area contributed by atoms with E-state index in [1.54, 1.807) is 12.0 Å². The van der Waals surface area contributed by atoms with Crippen molar-refractivity contribution in [3.8, 4) is 5.75 Å². The van der Waals surface area contributed by atoms with E-state index >= 15 is 0 Å². The Hall–Kier alpha value is -1.51. The van der Waals surface area contributed by atoms with E-state index in [1.165, 1.54) is 5.56 Å². The number of methoxy groups -OCH3 is 1. The molecule has 1 aliphatic carbocycles. The topological polar surface area (TPSA) is 66.0 Å². The summed E-state index contributed by atoms with van der Waals surface area (Å²) in [5, 5.41) is 6.68. The number of carbonyl (C=O) groups is 1. The number of nitrogens with zero attached hydrogens (tertiary/aromatic N) is 2. The average Bonchev–Trinajstić information content (AvgIpc) is 3.16. The van der Waals surface area contributed by atoms with Gasteiger partial charge in [-0.25, -0.2) is 0 Å². The van der Waals surface area contributed by atoms with Gasteiger partial charge in [0.2, 0.25) is 5.91 Å². The van der Waals surface area contributed by atoms with Gasteiger partial charge in [-0.1, -0.05) is 25.0 Å². The number of hydrogen-bond donors (Lipinski definition) is 2. The lowest BCUT2D eigenvalue weighted by Gasteiger charge is -2.29. The van der Waals surface area contributed by atoms with Crippen molar-refractivity contribution >= 4 is 35.8 Å². The Morgan fingerprint density at radius 3 is 2.36 bits per heavy atom. The summed E-state index contributed by atoms with van der Waals surface area (Å²) < 4.78 is 5.19. The molecule has 158 valence electrons. The van der Waals surface area contributed by atoms with Crippen molar-refractivity contribution in [3.05, 3.63) is 29.8 Å². The van der Waals surface area contributed by atoms with Crippen LogP contribution in [0.1, 0.15) is 38.2 Å². The first-order chi connectivity index (χ1) is 13.0. The summed E-state index contributed by atoms with van der Waals surface area (Å²) in [6.45, 7) is 4.18. The van der Waals surface area contributed by atoms with Crippen LogP contribution in [0.4, 0.5) is 0 Å². The lowest BCUT2D eigenvalue weighted by atomic mass is 9.85. The Balaban J connectivity index is 0.00000392. The molecule has 28 heavy (non-hydrogen) atoms. The van der Waals surface area contributed by atoms with Crippen LogP contribution in [0.15, 0.2) is 29.3 Å². The molecule has 2 N–H and O–H groups in total. The van der Waals surface area contributed by atoms with E-state index < -0.39 is 0 Å². The fourth-order valence-electron chi connectivity index (χ4n) is 3.66. The number of nitrogens with one attached hydrogen (secondary N) is 2. The van der Waals surface area contributed by atoms with Gasteiger partial charge in [-0.05, 0) is 43.9 Å². The smallest absolute Gasteiger partial charge is 0.230 e. The minimum atomic E-state index is -0.332. The van der Waals surface area contributed by atoms with Crippen molar-refractivity contribution in [1.29, 1.82) is 0 Å². The highest BCUT2D eigenvalue weighted by Crippen LogP contribution is 2.39. The monoisotopic (exact) mass is 502 g/mol. The first kappa shape index (κ1) is 24.5. The summed E-state index contributed by atoms with van der Waals surface area (Å²) in [6, 6.07) is 8.11. The van der Waals surface area contributed by atoms with Crippen molar-refractivity contribution in [1.82, 2.24) is 15.5 Å². The molecule has 0 heterocycles. The quantitative estimate of drug-likeness (QED) is 0.326. The molecule has 0 aromatic heterocycles. The minimum Gasteiger partial charge on any atom is -0.497 e. The zero-order chi connectivity index (χ0) is 19.7. The van der Waals surface area contributed by atoms with E-state index in [2.05, 4.69) is 29.7 Å². The molecule has 0 unspecified atom stereocenters. The fourth-order valence-corrected chi connectivity index (χ4v) is 3.66. The predicted molar refractivity (Wildman–Crippen MR) is 126 cm³/mol. The number of carbonyl (C=O) groups excluding carboxylic acids is 1. The van der Waals surface area contributed by atoms with Gasteiger partial charge >= 0.3 is 0 Å². The first-order valence-electron chi connectivity index (χ1n) is 9.87. The summed E-state index contributed by atoms with van der Waals surface area (Å²) in [4.78, 5) is 19.2. The van der Waals surface area contributed by atoms with Crippen LogP contribution in [-0.2, 0) is 11.2 Å². The Kier molecular flexibility index (Phi) is 10.6. The second-order valence-corrected chi connectivity index (χ2v) is 7.41. The largest absolute Gasteiger partial charge is 0.497 e. The van der Waals surface area contributed by atoms with Crippen LogP contribution in [0.2, 0.25) is 0 Å². The highest BCUT2D eigenvalue weighted by Gasteiger charge is 2.41. The number of halogens is 1. The van der Waals surface area contributed by atoms with Crippen LogP contribution in [0, 0.1) is 5.41 Å². The molecule has 2 rings (SSSR count). The second-order valence-electron chi connectivity index (χ2n) is 7.41. The van der Waals surface area contributed by atoms with E-state index in [4.69, 9.17) is 9.73 Å². The van der Waals surface area contributed by atoms with Crippen LogP contribution in [-0.4, -0.2) is 57.6 Å². The highest BCUT2D eigenvalue weighted by atomic mass is 127. The predicted octanol–water partition coefficient (Wildman–Crippen LogP) is 3.06. The van der Waals surface area contributed by atoms with Crippen molar-refractivity contribution in [3.63, 3.8) is 0 Å². The molecule has 7 heteroatoms. The molecule has 0 radical (unpaired) electrons. The summed E-state index contributed by atoms with van der Waals surface area (Å²) in [7, 11) is 5.35. The third-order valence-electron chi connectivity index (χ3n) is 5.17. The third-order valence-corrected chi connectivity index (χ3v) is 5.17. The molecule has 1 aromatic rings. The van der Waals surface area contributed by atoms with Gasteiger partial charge in [-0.2, -0.15) is 0 Å².